The molecule has 2 N–H and O–H groups in total. The van der Waals surface area contributed by atoms with E-state index in [1.807, 2.05) is 0 Å². The first-order chi connectivity index (χ1) is 8.41. The Balaban J connectivity index is 2.01. The van der Waals surface area contributed by atoms with Gasteiger partial charge in [0, 0.05) is 52.0 Å². The number of ether oxygens (including phenoxy) is 1. The van der Waals surface area contributed by atoms with Gasteiger partial charge < -0.3 is 14.4 Å². The van der Waals surface area contributed by atoms with Crippen molar-refractivity contribution in [1.82, 2.24) is 9.29 Å². The molecule has 1 fully saturated rings. The third-order valence-electron chi connectivity index (χ3n) is 3.13. The molecule has 0 amide bonds. The molecule has 0 bridgehead atoms. The minimum Gasteiger partial charge on any atom is -0.388 e. The molecule has 0 radical (unpaired) electrons. The third-order valence-corrected chi connectivity index (χ3v) is 4.52. The van der Waals surface area contributed by atoms with Crippen molar-refractivity contribution in [2.45, 2.75) is 23.3 Å². The summed E-state index contributed by atoms with van der Waals surface area (Å²) >= 11 is 0. The Morgan fingerprint density at radius 2 is 2.17 bits per heavy atom. The van der Waals surface area contributed by atoms with Crippen LogP contribution in [0.4, 0.5) is 0 Å². The van der Waals surface area contributed by atoms with Gasteiger partial charge in [0.1, 0.15) is 0 Å². The van der Waals surface area contributed by atoms with Crippen molar-refractivity contribution in [3.63, 3.8) is 0 Å². The number of aliphatic hydroxyl groups is 1. The summed E-state index contributed by atoms with van der Waals surface area (Å²) in [6.45, 7) is 0.945. The smallest absolute Gasteiger partial charge is 0.242 e. The van der Waals surface area contributed by atoms with Gasteiger partial charge in [-0.1, -0.05) is 0 Å². The monoisotopic (exact) mass is 274 g/mol. The standard InChI is InChI=1S/C11H18N2O4S/c1-13-5-2-10(8-13)18(15,16)12-9-11(14)3-6-17-7-4-11/h2,5,8,12,14H,3-4,6-7,9H2,1H3. The van der Waals surface area contributed by atoms with Crippen molar-refractivity contribution in [1.29, 1.82) is 0 Å². The lowest BCUT2D eigenvalue weighted by Crippen LogP contribution is -2.46. The molecule has 1 aliphatic rings. The van der Waals surface area contributed by atoms with Crippen LogP contribution >= 0.6 is 0 Å². The van der Waals surface area contributed by atoms with Crippen LogP contribution in [-0.4, -0.2) is 43.5 Å². The van der Waals surface area contributed by atoms with Crippen molar-refractivity contribution in [3.05, 3.63) is 18.5 Å². The zero-order chi connectivity index (χ0) is 13.2. The molecule has 18 heavy (non-hydrogen) atoms. The lowest BCUT2D eigenvalue weighted by atomic mass is 9.95. The van der Waals surface area contributed by atoms with E-state index in [0.29, 0.717) is 26.1 Å². The molecule has 1 aromatic heterocycles. The quantitative estimate of drug-likeness (QED) is 0.800. The van der Waals surface area contributed by atoms with Gasteiger partial charge >= 0.3 is 0 Å². The molecular formula is C11H18N2O4S. The summed E-state index contributed by atoms with van der Waals surface area (Å²) < 4.78 is 33.2. The normalized spacial score (nSPS) is 19.9. The number of hydrogen-bond acceptors (Lipinski definition) is 4. The van der Waals surface area contributed by atoms with Crippen LogP contribution in [0.15, 0.2) is 23.4 Å². The summed E-state index contributed by atoms with van der Waals surface area (Å²) in [5, 5.41) is 10.2. The first kappa shape index (κ1) is 13.5. The third kappa shape index (κ3) is 3.11. The van der Waals surface area contributed by atoms with Crippen molar-refractivity contribution in [2.75, 3.05) is 19.8 Å². The fourth-order valence-corrected chi connectivity index (χ4v) is 3.05. The average molecular weight is 274 g/mol. The van der Waals surface area contributed by atoms with Gasteiger partial charge in [0.25, 0.3) is 0 Å². The van der Waals surface area contributed by atoms with Crippen LogP contribution in [0.1, 0.15) is 12.8 Å². The Morgan fingerprint density at radius 1 is 1.50 bits per heavy atom. The SMILES string of the molecule is Cn1ccc(S(=O)(=O)NCC2(O)CCOCC2)c1. The van der Waals surface area contributed by atoms with E-state index in [2.05, 4.69) is 4.72 Å². The van der Waals surface area contributed by atoms with Gasteiger partial charge in [-0.05, 0) is 6.07 Å². The van der Waals surface area contributed by atoms with Crippen LogP contribution < -0.4 is 4.72 Å². The molecule has 7 heteroatoms. The maximum atomic E-state index is 12.0. The minimum atomic E-state index is -3.55. The Bertz CT molecular complexity index is 503. The van der Waals surface area contributed by atoms with Crippen LogP contribution in [-0.2, 0) is 21.8 Å². The van der Waals surface area contributed by atoms with Crippen molar-refractivity contribution in [2.24, 2.45) is 7.05 Å². The number of aryl methyl sites for hydroxylation is 1. The van der Waals surface area contributed by atoms with Gasteiger partial charge in [-0.15, -0.1) is 0 Å². The molecule has 6 nitrogen and oxygen atoms in total. The molecule has 2 heterocycles. The Labute approximate surface area is 107 Å². The summed E-state index contributed by atoms with van der Waals surface area (Å²) in [6, 6.07) is 1.52. The van der Waals surface area contributed by atoms with E-state index in [-0.39, 0.29) is 11.4 Å². The maximum Gasteiger partial charge on any atom is 0.242 e. The van der Waals surface area contributed by atoms with Crippen LogP contribution in [0.25, 0.3) is 0 Å². The molecule has 0 spiro atoms. The van der Waals surface area contributed by atoms with E-state index in [1.54, 1.807) is 17.8 Å². The highest BCUT2D eigenvalue weighted by molar-refractivity contribution is 7.89. The molecular weight excluding hydrogens is 256 g/mol. The van der Waals surface area contributed by atoms with Gasteiger partial charge in [-0.2, -0.15) is 0 Å². The number of aromatic nitrogens is 1. The van der Waals surface area contributed by atoms with Gasteiger partial charge in [-0.3, -0.25) is 0 Å². The lowest BCUT2D eigenvalue weighted by molar-refractivity contribution is -0.0588. The van der Waals surface area contributed by atoms with Gasteiger partial charge in [0.05, 0.1) is 10.5 Å². The summed E-state index contributed by atoms with van der Waals surface area (Å²) in [4.78, 5) is 0.209. The van der Waals surface area contributed by atoms with Gasteiger partial charge in [0.2, 0.25) is 10.0 Å². The van der Waals surface area contributed by atoms with Crippen LogP contribution in [0.5, 0.6) is 0 Å². The van der Waals surface area contributed by atoms with Crippen LogP contribution in [0.2, 0.25) is 0 Å². The summed E-state index contributed by atoms with van der Waals surface area (Å²) in [7, 11) is -1.79. The fraction of sp³-hybridized carbons (Fsp3) is 0.636. The van der Waals surface area contributed by atoms with Gasteiger partial charge in [-0.25, -0.2) is 13.1 Å². The highest BCUT2D eigenvalue weighted by Gasteiger charge is 2.31. The van der Waals surface area contributed by atoms with E-state index in [0.717, 1.165) is 0 Å². The second-order valence-electron chi connectivity index (χ2n) is 4.67. The maximum absolute atomic E-state index is 12.0. The largest absolute Gasteiger partial charge is 0.388 e. The van der Waals surface area contributed by atoms with Crippen LogP contribution in [0, 0.1) is 0 Å². The summed E-state index contributed by atoms with van der Waals surface area (Å²) in [5.74, 6) is 0. The van der Waals surface area contributed by atoms with E-state index in [1.165, 1.54) is 12.3 Å². The number of hydrogen-bond donors (Lipinski definition) is 2. The molecule has 1 aromatic rings. The molecule has 1 aliphatic heterocycles. The van der Waals surface area contributed by atoms with Gasteiger partial charge in [0.15, 0.2) is 0 Å². The number of rotatable bonds is 4. The second-order valence-corrected chi connectivity index (χ2v) is 6.44. The van der Waals surface area contributed by atoms with Crippen molar-refractivity contribution >= 4 is 10.0 Å². The Kier molecular flexibility index (Phi) is 3.76. The predicted octanol–water partition coefficient (Wildman–Crippen LogP) is -0.155. The molecule has 102 valence electrons. The molecule has 0 saturated carbocycles. The first-order valence-corrected chi connectivity index (χ1v) is 7.31. The topological polar surface area (TPSA) is 80.6 Å². The van der Waals surface area contributed by atoms with Crippen molar-refractivity contribution in [3.8, 4) is 0 Å². The molecule has 0 atom stereocenters. The van der Waals surface area contributed by atoms with E-state index in [9.17, 15) is 13.5 Å². The van der Waals surface area contributed by atoms with E-state index in [4.69, 9.17) is 4.74 Å². The highest BCUT2D eigenvalue weighted by Crippen LogP contribution is 2.20. The summed E-state index contributed by atoms with van der Waals surface area (Å²) in [6.07, 6.45) is 4.09. The molecule has 2 rings (SSSR count). The van der Waals surface area contributed by atoms with E-state index < -0.39 is 15.6 Å². The highest BCUT2D eigenvalue weighted by atomic mass is 32.2. The average Bonchev–Trinajstić information content (AvgIpc) is 2.76. The first-order valence-electron chi connectivity index (χ1n) is 5.83. The number of sulfonamides is 1. The number of nitrogens with one attached hydrogen (secondary N) is 1. The fourth-order valence-electron chi connectivity index (χ4n) is 1.88. The molecule has 1 saturated heterocycles. The lowest BCUT2D eigenvalue weighted by Gasteiger charge is -2.31. The summed E-state index contributed by atoms with van der Waals surface area (Å²) in [5.41, 5.74) is -1.000. The van der Waals surface area contributed by atoms with Crippen LogP contribution in [0.3, 0.4) is 0 Å². The minimum absolute atomic E-state index is 0.0214. The molecule has 0 aliphatic carbocycles. The second kappa shape index (κ2) is 5.00. The molecule has 0 aromatic carbocycles. The zero-order valence-electron chi connectivity index (χ0n) is 10.3. The van der Waals surface area contributed by atoms with E-state index >= 15 is 0 Å². The number of nitrogens with zero attached hydrogens (tertiary/aromatic N) is 1. The predicted molar refractivity (Wildman–Crippen MR) is 65.6 cm³/mol. The Hall–Kier alpha value is -0.890. The van der Waals surface area contributed by atoms with Crippen molar-refractivity contribution < 1.29 is 18.3 Å². The zero-order valence-corrected chi connectivity index (χ0v) is 11.1. The molecule has 0 unspecified atom stereocenters. The Morgan fingerprint density at radius 3 is 2.72 bits per heavy atom.